The van der Waals surface area contributed by atoms with Gasteiger partial charge >= 0.3 is 0 Å². The highest BCUT2D eigenvalue weighted by Gasteiger charge is 2.16. The second-order valence-corrected chi connectivity index (χ2v) is 4.42. The lowest BCUT2D eigenvalue weighted by Crippen LogP contribution is -2.31. The van der Waals surface area contributed by atoms with E-state index in [0.29, 0.717) is 30.3 Å². The Hall–Kier alpha value is -2.22. The van der Waals surface area contributed by atoms with Crippen LogP contribution >= 0.6 is 0 Å². The van der Waals surface area contributed by atoms with Crippen LogP contribution < -0.4 is 10.6 Å². The summed E-state index contributed by atoms with van der Waals surface area (Å²) in [5.74, 6) is 0. The van der Waals surface area contributed by atoms with Gasteiger partial charge in [0.25, 0.3) is 6.01 Å². The average molecular weight is 244 g/mol. The summed E-state index contributed by atoms with van der Waals surface area (Å²) >= 11 is 0. The van der Waals surface area contributed by atoms with Crippen molar-refractivity contribution >= 4 is 22.8 Å². The maximum absolute atomic E-state index is 8.68. The van der Waals surface area contributed by atoms with Gasteiger partial charge in [0, 0.05) is 24.3 Å². The predicted octanol–water partition coefficient (Wildman–Crippen LogP) is 2.54. The number of rotatable bonds is 4. The lowest BCUT2D eigenvalue weighted by atomic mass is 10.3. The lowest BCUT2D eigenvalue weighted by molar-refractivity contribution is 0.540. The molecule has 0 fully saturated rings. The predicted molar refractivity (Wildman–Crippen MR) is 71.1 cm³/mol. The number of fused-ring (bicyclic) bond motifs is 1. The fourth-order valence-corrected chi connectivity index (χ4v) is 1.80. The molecule has 0 amide bonds. The number of nitrogens with two attached hydrogens (primary N) is 1. The first kappa shape index (κ1) is 12.2. The topological polar surface area (TPSA) is 79.1 Å². The van der Waals surface area contributed by atoms with E-state index in [1.807, 2.05) is 24.8 Å². The third-order valence-corrected chi connectivity index (χ3v) is 2.73. The molecular formula is C13H16N4O. The number of nitrogen functional groups attached to an aromatic ring is 1. The van der Waals surface area contributed by atoms with Crippen molar-refractivity contribution in [1.29, 1.82) is 5.26 Å². The van der Waals surface area contributed by atoms with Crippen LogP contribution in [0.4, 0.5) is 11.7 Å². The Morgan fingerprint density at radius 2 is 2.28 bits per heavy atom. The van der Waals surface area contributed by atoms with Crippen LogP contribution in [0.1, 0.15) is 20.3 Å². The van der Waals surface area contributed by atoms with Gasteiger partial charge in [-0.25, -0.2) is 0 Å². The van der Waals surface area contributed by atoms with Gasteiger partial charge in [0.1, 0.15) is 5.52 Å². The van der Waals surface area contributed by atoms with Crippen LogP contribution in [0, 0.1) is 11.3 Å². The van der Waals surface area contributed by atoms with E-state index in [4.69, 9.17) is 15.4 Å². The van der Waals surface area contributed by atoms with Gasteiger partial charge in [-0.15, -0.1) is 0 Å². The molecular weight excluding hydrogens is 228 g/mol. The molecule has 2 N–H and O–H groups in total. The highest BCUT2D eigenvalue weighted by molar-refractivity contribution is 5.78. The molecule has 94 valence electrons. The van der Waals surface area contributed by atoms with E-state index in [1.165, 1.54) is 0 Å². The van der Waals surface area contributed by atoms with E-state index in [1.54, 1.807) is 12.1 Å². The Labute approximate surface area is 106 Å². The van der Waals surface area contributed by atoms with Crippen molar-refractivity contribution in [2.75, 3.05) is 17.2 Å². The minimum absolute atomic E-state index is 0.226. The van der Waals surface area contributed by atoms with E-state index in [2.05, 4.69) is 11.1 Å². The van der Waals surface area contributed by atoms with E-state index in [0.717, 1.165) is 5.52 Å². The van der Waals surface area contributed by atoms with E-state index >= 15 is 0 Å². The van der Waals surface area contributed by atoms with Crippen molar-refractivity contribution in [2.45, 2.75) is 26.3 Å². The summed E-state index contributed by atoms with van der Waals surface area (Å²) in [4.78, 5) is 6.39. The number of benzene rings is 1. The molecule has 5 nitrogen and oxygen atoms in total. The maximum atomic E-state index is 8.68. The summed E-state index contributed by atoms with van der Waals surface area (Å²) in [6, 6.07) is 8.29. The summed E-state index contributed by atoms with van der Waals surface area (Å²) in [5.41, 5.74) is 7.81. The average Bonchev–Trinajstić information content (AvgIpc) is 2.71. The smallest absolute Gasteiger partial charge is 0.298 e. The Balaban J connectivity index is 2.35. The molecule has 5 heteroatoms. The van der Waals surface area contributed by atoms with Crippen LogP contribution in [0.5, 0.6) is 0 Å². The van der Waals surface area contributed by atoms with Gasteiger partial charge in [-0.1, -0.05) is 0 Å². The first-order valence-electron chi connectivity index (χ1n) is 5.91. The molecule has 0 aliphatic rings. The number of aromatic nitrogens is 1. The molecule has 0 unspecified atom stereocenters. The monoisotopic (exact) mass is 244 g/mol. The van der Waals surface area contributed by atoms with Crippen molar-refractivity contribution < 1.29 is 4.42 Å². The molecule has 0 spiro atoms. The Bertz CT molecular complexity index is 582. The molecule has 1 aromatic carbocycles. The summed E-state index contributed by atoms with van der Waals surface area (Å²) in [6.45, 7) is 4.69. The molecule has 0 aliphatic heterocycles. The van der Waals surface area contributed by atoms with Crippen LogP contribution in [0.25, 0.3) is 11.1 Å². The molecule has 0 atom stereocenters. The zero-order valence-corrected chi connectivity index (χ0v) is 10.6. The number of nitrogens with zero attached hydrogens (tertiary/aromatic N) is 3. The number of nitriles is 1. The van der Waals surface area contributed by atoms with E-state index in [9.17, 15) is 0 Å². The summed E-state index contributed by atoms with van der Waals surface area (Å²) < 4.78 is 5.69. The maximum Gasteiger partial charge on any atom is 0.298 e. The van der Waals surface area contributed by atoms with Crippen LogP contribution in [0.15, 0.2) is 22.6 Å². The summed E-state index contributed by atoms with van der Waals surface area (Å²) in [6.07, 6.45) is 0.443. The summed E-state index contributed by atoms with van der Waals surface area (Å²) in [7, 11) is 0. The van der Waals surface area contributed by atoms with Crippen molar-refractivity contribution in [3.63, 3.8) is 0 Å². The minimum atomic E-state index is 0.226. The SMILES string of the molecule is CC(C)N(CCC#N)c1nc2ccc(N)cc2o1. The molecule has 2 rings (SSSR count). The summed E-state index contributed by atoms with van der Waals surface area (Å²) in [5, 5.41) is 8.68. The van der Waals surface area contributed by atoms with Gasteiger partial charge in [0.15, 0.2) is 5.58 Å². The van der Waals surface area contributed by atoms with Crippen molar-refractivity contribution in [2.24, 2.45) is 0 Å². The molecule has 1 aromatic heterocycles. The quantitative estimate of drug-likeness (QED) is 0.836. The van der Waals surface area contributed by atoms with Gasteiger partial charge < -0.3 is 15.1 Å². The Kier molecular flexibility index (Phi) is 3.38. The molecule has 1 heterocycles. The molecule has 0 aliphatic carbocycles. The van der Waals surface area contributed by atoms with Crippen LogP contribution in [-0.4, -0.2) is 17.6 Å². The fourth-order valence-electron chi connectivity index (χ4n) is 1.80. The first-order chi connectivity index (χ1) is 8.61. The van der Waals surface area contributed by atoms with Crippen LogP contribution in [0.3, 0.4) is 0 Å². The lowest BCUT2D eigenvalue weighted by Gasteiger charge is -2.23. The highest BCUT2D eigenvalue weighted by Crippen LogP contribution is 2.25. The molecule has 0 saturated heterocycles. The normalized spacial score (nSPS) is 10.8. The second-order valence-electron chi connectivity index (χ2n) is 4.42. The Morgan fingerprint density at radius 3 is 2.94 bits per heavy atom. The number of hydrogen-bond acceptors (Lipinski definition) is 5. The third-order valence-electron chi connectivity index (χ3n) is 2.73. The zero-order valence-electron chi connectivity index (χ0n) is 10.6. The number of anilines is 2. The zero-order chi connectivity index (χ0) is 13.1. The van der Waals surface area contributed by atoms with E-state index < -0.39 is 0 Å². The van der Waals surface area contributed by atoms with Gasteiger partial charge in [-0.3, -0.25) is 0 Å². The van der Waals surface area contributed by atoms with Gasteiger partial charge in [0.05, 0.1) is 12.5 Å². The molecule has 2 aromatic rings. The van der Waals surface area contributed by atoms with E-state index in [-0.39, 0.29) is 6.04 Å². The standard InChI is InChI=1S/C13H16N4O/c1-9(2)17(7-3-6-14)13-16-11-5-4-10(15)8-12(11)18-13/h4-5,8-9H,3,7,15H2,1-2H3. The number of oxazole rings is 1. The minimum Gasteiger partial charge on any atom is -0.423 e. The third kappa shape index (κ3) is 2.38. The van der Waals surface area contributed by atoms with Crippen LogP contribution in [0.2, 0.25) is 0 Å². The fraction of sp³-hybridized carbons (Fsp3) is 0.385. The van der Waals surface area contributed by atoms with Gasteiger partial charge in [-0.2, -0.15) is 10.2 Å². The van der Waals surface area contributed by atoms with Gasteiger partial charge in [0.2, 0.25) is 0 Å². The van der Waals surface area contributed by atoms with Crippen molar-refractivity contribution in [3.05, 3.63) is 18.2 Å². The molecule has 18 heavy (non-hydrogen) atoms. The largest absolute Gasteiger partial charge is 0.423 e. The molecule has 0 bridgehead atoms. The van der Waals surface area contributed by atoms with Gasteiger partial charge in [-0.05, 0) is 26.0 Å². The van der Waals surface area contributed by atoms with Crippen molar-refractivity contribution in [3.8, 4) is 6.07 Å². The van der Waals surface area contributed by atoms with Crippen LogP contribution in [-0.2, 0) is 0 Å². The Morgan fingerprint density at radius 1 is 1.50 bits per heavy atom. The van der Waals surface area contributed by atoms with Crippen molar-refractivity contribution in [1.82, 2.24) is 4.98 Å². The second kappa shape index (κ2) is 4.96. The first-order valence-corrected chi connectivity index (χ1v) is 5.91. The number of hydrogen-bond donors (Lipinski definition) is 1. The molecule has 0 saturated carbocycles. The highest BCUT2D eigenvalue weighted by atomic mass is 16.4. The molecule has 0 radical (unpaired) electrons.